The van der Waals surface area contributed by atoms with Crippen LogP contribution >= 0.6 is 0 Å². The maximum atomic E-state index is 12.9. The second-order valence-corrected chi connectivity index (χ2v) is 3.33. The zero-order valence-corrected chi connectivity index (χ0v) is 8.61. The van der Waals surface area contributed by atoms with Gasteiger partial charge in [-0.1, -0.05) is 0 Å². The first-order chi connectivity index (χ1) is 7.69. The van der Waals surface area contributed by atoms with Crippen molar-refractivity contribution in [2.24, 2.45) is 7.05 Å². The highest BCUT2D eigenvalue weighted by molar-refractivity contribution is 5.65. The fraction of sp³-hybridized carbons (Fsp3) is 0.0909. The summed E-state index contributed by atoms with van der Waals surface area (Å²) in [6, 6.07) is 5.96. The predicted molar refractivity (Wildman–Crippen MR) is 57.6 cm³/mol. The Kier molecular flexibility index (Phi) is 2.56. The van der Waals surface area contributed by atoms with Gasteiger partial charge in [-0.25, -0.2) is 4.39 Å². The number of halogens is 1. The van der Waals surface area contributed by atoms with Gasteiger partial charge in [0.25, 0.3) is 0 Å². The van der Waals surface area contributed by atoms with Crippen LogP contribution in [0.5, 0.6) is 0 Å². The summed E-state index contributed by atoms with van der Waals surface area (Å²) in [7, 11) is 1.79. The topological polar surface area (TPSA) is 53.6 Å². The van der Waals surface area contributed by atoms with E-state index in [2.05, 4.69) is 10.4 Å². The van der Waals surface area contributed by atoms with Crippen LogP contribution in [0.2, 0.25) is 0 Å². The van der Waals surface area contributed by atoms with Gasteiger partial charge >= 0.3 is 0 Å². The molecule has 1 aromatic heterocycles. The zero-order chi connectivity index (χ0) is 11.5. The molecule has 0 fully saturated rings. The molecule has 5 heteroatoms. The van der Waals surface area contributed by atoms with Crippen molar-refractivity contribution in [1.29, 1.82) is 5.26 Å². The zero-order valence-electron chi connectivity index (χ0n) is 8.61. The molecule has 0 saturated carbocycles. The normalized spacial score (nSPS) is 9.81. The SMILES string of the molecule is Cn1cc(Nc2ccc(F)cc2C#N)cn1. The first kappa shape index (κ1) is 10.2. The molecule has 0 aliphatic rings. The van der Waals surface area contributed by atoms with Gasteiger partial charge < -0.3 is 5.32 Å². The van der Waals surface area contributed by atoms with Gasteiger partial charge in [0.05, 0.1) is 23.1 Å². The van der Waals surface area contributed by atoms with Crippen LogP contribution in [-0.2, 0) is 7.05 Å². The number of hydrogen-bond donors (Lipinski definition) is 1. The molecule has 0 aliphatic heterocycles. The molecular weight excluding hydrogens is 207 g/mol. The lowest BCUT2D eigenvalue weighted by atomic mass is 10.2. The lowest BCUT2D eigenvalue weighted by Gasteiger charge is -2.05. The largest absolute Gasteiger partial charge is 0.352 e. The van der Waals surface area contributed by atoms with E-state index in [1.54, 1.807) is 24.1 Å². The summed E-state index contributed by atoms with van der Waals surface area (Å²) >= 11 is 0. The number of benzene rings is 1. The molecule has 80 valence electrons. The fourth-order valence-corrected chi connectivity index (χ4v) is 1.36. The Labute approximate surface area is 91.9 Å². The number of aromatic nitrogens is 2. The number of aryl methyl sites for hydroxylation is 1. The van der Waals surface area contributed by atoms with E-state index < -0.39 is 5.82 Å². The predicted octanol–water partition coefficient (Wildman–Crippen LogP) is 2.17. The number of rotatable bonds is 2. The van der Waals surface area contributed by atoms with Gasteiger partial charge in [0.1, 0.15) is 11.9 Å². The molecular formula is C11H9FN4. The van der Waals surface area contributed by atoms with Crippen molar-refractivity contribution in [3.05, 3.63) is 42.0 Å². The van der Waals surface area contributed by atoms with Gasteiger partial charge in [-0.15, -0.1) is 0 Å². The average molecular weight is 216 g/mol. The van der Waals surface area contributed by atoms with Crippen LogP contribution < -0.4 is 5.32 Å². The molecule has 0 radical (unpaired) electrons. The molecule has 1 aromatic carbocycles. The lowest BCUT2D eigenvalue weighted by molar-refractivity contribution is 0.627. The van der Waals surface area contributed by atoms with E-state index in [1.807, 2.05) is 6.07 Å². The Morgan fingerprint density at radius 2 is 2.31 bits per heavy atom. The molecule has 0 aliphatic carbocycles. The highest BCUT2D eigenvalue weighted by atomic mass is 19.1. The molecule has 0 amide bonds. The summed E-state index contributed by atoms with van der Waals surface area (Å²) in [5.74, 6) is -0.423. The number of nitriles is 1. The second kappa shape index (κ2) is 4.03. The second-order valence-electron chi connectivity index (χ2n) is 3.33. The summed E-state index contributed by atoms with van der Waals surface area (Å²) in [4.78, 5) is 0. The maximum absolute atomic E-state index is 12.9. The van der Waals surface area contributed by atoms with Crippen molar-refractivity contribution in [3.63, 3.8) is 0 Å². The fourth-order valence-electron chi connectivity index (χ4n) is 1.36. The molecule has 2 rings (SSSR count). The van der Waals surface area contributed by atoms with E-state index >= 15 is 0 Å². The van der Waals surface area contributed by atoms with E-state index in [0.29, 0.717) is 5.69 Å². The molecule has 0 atom stereocenters. The first-order valence-corrected chi connectivity index (χ1v) is 4.64. The van der Waals surface area contributed by atoms with E-state index in [9.17, 15) is 4.39 Å². The summed E-state index contributed by atoms with van der Waals surface area (Å²) in [5, 5.41) is 15.8. The lowest BCUT2D eigenvalue weighted by Crippen LogP contribution is -1.93. The summed E-state index contributed by atoms with van der Waals surface area (Å²) in [6.07, 6.45) is 3.40. The van der Waals surface area contributed by atoms with Crippen molar-refractivity contribution in [2.75, 3.05) is 5.32 Å². The molecule has 0 bridgehead atoms. The van der Waals surface area contributed by atoms with Gasteiger partial charge in [-0.3, -0.25) is 4.68 Å². The Balaban J connectivity index is 2.31. The van der Waals surface area contributed by atoms with Crippen molar-refractivity contribution in [2.45, 2.75) is 0 Å². The molecule has 16 heavy (non-hydrogen) atoms. The Bertz CT molecular complexity index is 553. The quantitative estimate of drug-likeness (QED) is 0.837. The molecule has 2 aromatic rings. The number of hydrogen-bond acceptors (Lipinski definition) is 3. The third-order valence-corrected chi connectivity index (χ3v) is 2.09. The highest BCUT2D eigenvalue weighted by Crippen LogP contribution is 2.20. The van der Waals surface area contributed by atoms with E-state index in [-0.39, 0.29) is 5.56 Å². The average Bonchev–Trinajstić information content (AvgIpc) is 2.67. The van der Waals surface area contributed by atoms with Crippen molar-refractivity contribution < 1.29 is 4.39 Å². The minimum Gasteiger partial charge on any atom is -0.352 e. The Morgan fingerprint density at radius 1 is 1.50 bits per heavy atom. The molecule has 1 heterocycles. The van der Waals surface area contributed by atoms with Crippen LogP contribution in [0.1, 0.15) is 5.56 Å². The molecule has 0 unspecified atom stereocenters. The van der Waals surface area contributed by atoms with E-state index in [1.165, 1.54) is 18.2 Å². The molecule has 0 spiro atoms. The van der Waals surface area contributed by atoms with Gasteiger partial charge in [-0.05, 0) is 18.2 Å². The van der Waals surface area contributed by atoms with Gasteiger partial charge in [-0.2, -0.15) is 10.4 Å². The minimum absolute atomic E-state index is 0.267. The van der Waals surface area contributed by atoms with Crippen LogP contribution in [0, 0.1) is 17.1 Å². The highest BCUT2D eigenvalue weighted by Gasteiger charge is 2.04. The molecule has 4 nitrogen and oxygen atoms in total. The number of nitrogens with one attached hydrogen (secondary N) is 1. The van der Waals surface area contributed by atoms with Gasteiger partial charge in [0.15, 0.2) is 0 Å². The monoisotopic (exact) mass is 216 g/mol. The van der Waals surface area contributed by atoms with Crippen molar-refractivity contribution in [3.8, 4) is 6.07 Å². The van der Waals surface area contributed by atoms with Crippen LogP contribution in [0.25, 0.3) is 0 Å². The van der Waals surface area contributed by atoms with Gasteiger partial charge in [0, 0.05) is 13.2 Å². The minimum atomic E-state index is -0.423. The van der Waals surface area contributed by atoms with Crippen LogP contribution in [0.4, 0.5) is 15.8 Å². The summed E-state index contributed by atoms with van der Waals surface area (Å²) < 4.78 is 14.5. The third kappa shape index (κ3) is 2.01. The van der Waals surface area contributed by atoms with E-state index in [4.69, 9.17) is 5.26 Å². The number of nitrogens with zero attached hydrogens (tertiary/aromatic N) is 3. The molecule has 0 saturated heterocycles. The maximum Gasteiger partial charge on any atom is 0.124 e. The number of anilines is 2. The van der Waals surface area contributed by atoms with Gasteiger partial charge in [0.2, 0.25) is 0 Å². The van der Waals surface area contributed by atoms with Crippen LogP contribution in [-0.4, -0.2) is 9.78 Å². The standard InChI is InChI=1S/C11H9FN4/c1-16-7-10(6-14-16)15-11-3-2-9(12)4-8(11)5-13/h2-4,6-7,15H,1H3. The summed E-state index contributed by atoms with van der Waals surface area (Å²) in [5.41, 5.74) is 1.59. The Morgan fingerprint density at radius 3 is 2.94 bits per heavy atom. The van der Waals surface area contributed by atoms with Crippen molar-refractivity contribution in [1.82, 2.24) is 9.78 Å². The van der Waals surface area contributed by atoms with Crippen LogP contribution in [0.15, 0.2) is 30.6 Å². The van der Waals surface area contributed by atoms with Crippen LogP contribution in [0.3, 0.4) is 0 Å². The van der Waals surface area contributed by atoms with E-state index in [0.717, 1.165) is 5.69 Å². The Hall–Kier alpha value is -2.35. The smallest absolute Gasteiger partial charge is 0.124 e. The first-order valence-electron chi connectivity index (χ1n) is 4.64. The van der Waals surface area contributed by atoms with Crippen molar-refractivity contribution >= 4 is 11.4 Å². The molecule has 1 N–H and O–H groups in total. The third-order valence-electron chi connectivity index (χ3n) is 2.09. The summed E-state index contributed by atoms with van der Waals surface area (Å²) in [6.45, 7) is 0.